The minimum atomic E-state index is -0.0567. The van der Waals surface area contributed by atoms with E-state index >= 15 is 0 Å². The molecule has 0 spiro atoms. The van der Waals surface area contributed by atoms with Crippen molar-refractivity contribution in [1.29, 1.82) is 0 Å². The highest BCUT2D eigenvalue weighted by molar-refractivity contribution is 9.11. The predicted molar refractivity (Wildman–Crippen MR) is 123 cm³/mol. The van der Waals surface area contributed by atoms with E-state index in [1.807, 2.05) is 49.4 Å². The predicted octanol–water partition coefficient (Wildman–Crippen LogP) is 6.67. The third kappa shape index (κ3) is 4.77. The second-order valence-electron chi connectivity index (χ2n) is 5.62. The average molecular weight is 548 g/mol. The molecule has 8 heteroatoms. The number of hydrogen-bond acceptors (Lipinski definition) is 4. The molecule has 1 amide bonds. The number of amides is 1. The molecule has 3 nitrogen and oxygen atoms in total. The van der Waals surface area contributed by atoms with E-state index in [0.29, 0.717) is 33.1 Å². The Hall–Kier alpha value is -0.860. The maximum absolute atomic E-state index is 12.4. The van der Waals surface area contributed by atoms with Gasteiger partial charge in [0.05, 0.1) is 13.9 Å². The Bertz CT molecular complexity index is 926. The number of rotatable bonds is 5. The van der Waals surface area contributed by atoms with Crippen molar-refractivity contribution < 1.29 is 9.53 Å². The molecule has 0 unspecified atom stereocenters. The maximum Gasteiger partial charge on any atom is 0.266 e. The second-order valence-corrected chi connectivity index (χ2v) is 9.41. The van der Waals surface area contributed by atoms with Gasteiger partial charge in [0.2, 0.25) is 0 Å². The Balaban J connectivity index is 1.81. The van der Waals surface area contributed by atoms with Crippen molar-refractivity contribution in [3.8, 4) is 5.75 Å². The fourth-order valence-corrected chi connectivity index (χ4v) is 5.52. The first-order valence-electron chi connectivity index (χ1n) is 8.01. The number of likely N-dealkylation sites (N-methyl/N-ethyl adjacent to an activating group) is 1. The lowest BCUT2D eigenvalue weighted by Crippen LogP contribution is -2.27. The standard InChI is InChI=1S/C19H14Br2ClNO2S2/c1-2-23-18(24)16(27-19(23)26)9-11-7-13(20)17(14(21)8-11)25-10-12-5-3-4-6-15(12)22/h3-9H,2,10H2,1H3/b16-9-. The number of hydrogen-bond donors (Lipinski definition) is 0. The van der Waals surface area contributed by atoms with E-state index < -0.39 is 0 Å². The zero-order valence-electron chi connectivity index (χ0n) is 14.2. The molecule has 0 N–H and O–H groups in total. The van der Waals surface area contributed by atoms with Crippen LogP contribution in [0.4, 0.5) is 0 Å². The zero-order chi connectivity index (χ0) is 19.6. The molecule has 0 aliphatic carbocycles. The van der Waals surface area contributed by atoms with Crippen molar-refractivity contribution in [3.05, 3.63) is 66.4 Å². The zero-order valence-corrected chi connectivity index (χ0v) is 19.7. The molecular weight excluding hydrogens is 534 g/mol. The van der Waals surface area contributed by atoms with E-state index in [1.54, 1.807) is 4.90 Å². The highest BCUT2D eigenvalue weighted by Crippen LogP contribution is 2.38. The quantitative estimate of drug-likeness (QED) is 0.309. The monoisotopic (exact) mass is 545 g/mol. The van der Waals surface area contributed by atoms with Gasteiger partial charge in [-0.3, -0.25) is 9.69 Å². The summed E-state index contributed by atoms with van der Waals surface area (Å²) in [6.45, 7) is 2.83. The number of carbonyl (C=O) groups is 1. The molecule has 1 saturated heterocycles. The Morgan fingerprint density at radius 3 is 2.52 bits per heavy atom. The lowest BCUT2D eigenvalue weighted by atomic mass is 10.2. The van der Waals surface area contributed by atoms with Gasteiger partial charge in [0.15, 0.2) is 0 Å². The molecule has 1 aliphatic rings. The van der Waals surface area contributed by atoms with Crippen LogP contribution in [-0.2, 0) is 11.4 Å². The first kappa shape index (κ1) is 20.9. The van der Waals surface area contributed by atoms with Gasteiger partial charge in [-0.05, 0) is 68.6 Å². The van der Waals surface area contributed by atoms with E-state index in [1.165, 1.54) is 11.8 Å². The van der Waals surface area contributed by atoms with Gasteiger partial charge in [-0.15, -0.1) is 0 Å². The first-order chi connectivity index (χ1) is 12.9. The van der Waals surface area contributed by atoms with Gasteiger partial charge < -0.3 is 4.74 Å². The Labute approximate surface area is 189 Å². The van der Waals surface area contributed by atoms with Gasteiger partial charge in [-0.25, -0.2) is 0 Å². The molecule has 1 fully saturated rings. The van der Waals surface area contributed by atoms with Crippen LogP contribution < -0.4 is 4.74 Å². The summed E-state index contributed by atoms with van der Waals surface area (Å²) in [6.07, 6.45) is 1.84. The molecule has 0 radical (unpaired) electrons. The van der Waals surface area contributed by atoms with Crippen molar-refractivity contribution in [2.45, 2.75) is 13.5 Å². The van der Waals surface area contributed by atoms with Crippen molar-refractivity contribution in [2.75, 3.05) is 6.54 Å². The Morgan fingerprint density at radius 2 is 1.93 bits per heavy atom. The van der Waals surface area contributed by atoms with E-state index in [9.17, 15) is 4.79 Å². The minimum Gasteiger partial charge on any atom is -0.486 e. The van der Waals surface area contributed by atoms with E-state index in [2.05, 4.69) is 31.9 Å². The summed E-state index contributed by atoms with van der Waals surface area (Å²) in [6, 6.07) is 11.4. The minimum absolute atomic E-state index is 0.0567. The third-order valence-electron chi connectivity index (χ3n) is 3.84. The van der Waals surface area contributed by atoms with Crippen molar-refractivity contribution in [2.24, 2.45) is 0 Å². The average Bonchev–Trinajstić information content (AvgIpc) is 2.88. The molecule has 0 saturated carbocycles. The number of benzene rings is 2. The molecule has 1 aliphatic heterocycles. The van der Waals surface area contributed by atoms with Crippen LogP contribution in [-0.4, -0.2) is 21.7 Å². The fourth-order valence-electron chi connectivity index (χ4n) is 2.49. The topological polar surface area (TPSA) is 29.5 Å². The van der Waals surface area contributed by atoms with Crippen LogP contribution in [0.25, 0.3) is 6.08 Å². The van der Waals surface area contributed by atoms with Gasteiger partial charge in [-0.1, -0.05) is 53.8 Å². The second kappa shape index (κ2) is 9.09. The van der Waals surface area contributed by atoms with E-state index in [4.69, 9.17) is 28.6 Å². The summed E-state index contributed by atoms with van der Waals surface area (Å²) < 4.78 is 8.08. The van der Waals surface area contributed by atoms with Gasteiger partial charge in [0.1, 0.15) is 16.7 Å². The first-order valence-corrected chi connectivity index (χ1v) is 11.2. The Morgan fingerprint density at radius 1 is 1.26 bits per heavy atom. The molecule has 0 aromatic heterocycles. The summed E-state index contributed by atoms with van der Waals surface area (Å²) >= 11 is 19.8. The number of thiocarbonyl (C=S) groups is 1. The molecule has 0 bridgehead atoms. The van der Waals surface area contributed by atoms with Crippen LogP contribution in [0.15, 0.2) is 50.2 Å². The number of carbonyl (C=O) groups excluding carboxylic acids is 1. The number of halogens is 3. The largest absolute Gasteiger partial charge is 0.486 e. The molecule has 3 rings (SSSR count). The molecular formula is C19H14Br2ClNO2S2. The molecule has 1 heterocycles. The summed E-state index contributed by atoms with van der Waals surface area (Å²) in [5, 5.41) is 0.666. The number of thioether (sulfide) groups is 1. The molecule has 2 aromatic rings. The van der Waals surface area contributed by atoms with E-state index in [-0.39, 0.29) is 5.91 Å². The highest BCUT2D eigenvalue weighted by atomic mass is 79.9. The summed E-state index contributed by atoms with van der Waals surface area (Å²) in [4.78, 5) is 14.6. The van der Waals surface area contributed by atoms with Crippen LogP contribution >= 0.6 is 67.4 Å². The van der Waals surface area contributed by atoms with Crippen LogP contribution in [0.5, 0.6) is 5.75 Å². The van der Waals surface area contributed by atoms with Gasteiger partial charge in [-0.2, -0.15) is 0 Å². The third-order valence-corrected chi connectivity index (χ3v) is 6.76. The molecule has 0 atom stereocenters. The van der Waals surface area contributed by atoms with Crippen LogP contribution in [0, 0.1) is 0 Å². The normalized spacial score (nSPS) is 15.7. The van der Waals surface area contributed by atoms with Crippen LogP contribution in [0.3, 0.4) is 0 Å². The van der Waals surface area contributed by atoms with Crippen LogP contribution in [0.2, 0.25) is 5.02 Å². The smallest absolute Gasteiger partial charge is 0.266 e. The highest BCUT2D eigenvalue weighted by Gasteiger charge is 2.30. The number of ether oxygens (including phenoxy) is 1. The Kier molecular flexibility index (Phi) is 7.03. The van der Waals surface area contributed by atoms with Crippen molar-refractivity contribution in [3.63, 3.8) is 0 Å². The van der Waals surface area contributed by atoms with Crippen molar-refractivity contribution >= 4 is 83.7 Å². The van der Waals surface area contributed by atoms with Crippen LogP contribution in [0.1, 0.15) is 18.1 Å². The molecule has 140 valence electrons. The van der Waals surface area contributed by atoms with Gasteiger partial charge in [0.25, 0.3) is 5.91 Å². The summed E-state index contributed by atoms with van der Waals surface area (Å²) in [5.74, 6) is 0.618. The summed E-state index contributed by atoms with van der Waals surface area (Å²) in [7, 11) is 0. The van der Waals surface area contributed by atoms with E-state index in [0.717, 1.165) is 20.1 Å². The lowest BCUT2D eigenvalue weighted by Gasteiger charge is -2.12. The number of nitrogens with zero attached hydrogens (tertiary/aromatic N) is 1. The molecule has 2 aromatic carbocycles. The van der Waals surface area contributed by atoms with Gasteiger partial charge in [0, 0.05) is 17.1 Å². The SMILES string of the molecule is CCN1C(=O)/C(=C/c2cc(Br)c(OCc3ccccc3Cl)c(Br)c2)SC1=S. The van der Waals surface area contributed by atoms with Crippen molar-refractivity contribution in [1.82, 2.24) is 4.90 Å². The van der Waals surface area contributed by atoms with Gasteiger partial charge >= 0.3 is 0 Å². The fraction of sp³-hybridized carbons (Fsp3) is 0.158. The summed E-state index contributed by atoms with van der Waals surface area (Å²) in [5.41, 5.74) is 1.78. The molecule has 27 heavy (non-hydrogen) atoms. The maximum atomic E-state index is 12.4. The lowest BCUT2D eigenvalue weighted by molar-refractivity contribution is -0.121.